The van der Waals surface area contributed by atoms with Crippen molar-refractivity contribution in [2.45, 2.75) is 0 Å². The minimum absolute atomic E-state index is 0.652. The fourth-order valence-electron chi connectivity index (χ4n) is 1.63. The van der Waals surface area contributed by atoms with E-state index in [0.29, 0.717) is 5.82 Å². The summed E-state index contributed by atoms with van der Waals surface area (Å²) in [7, 11) is 5.53. The van der Waals surface area contributed by atoms with Gasteiger partial charge in [0, 0.05) is 20.3 Å². The molecule has 0 radical (unpaired) electrons. The van der Waals surface area contributed by atoms with Gasteiger partial charge in [0.25, 0.3) is 0 Å². The summed E-state index contributed by atoms with van der Waals surface area (Å²) >= 11 is 3.44. The number of hydrogen-bond acceptors (Lipinski definition) is 4. The second-order valence-corrected chi connectivity index (χ2v) is 4.81. The van der Waals surface area contributed by atoms with Gasteiger partial charge in [0.15, 0.2) is 5.82 Å². The lowest BCUT2D eigenvalue weighted by atomic mass is 10.2. The van der Waals surface area contributed by atoms with Crippen LogP contribution in [0.15, 0.2) is 34.9 Å². The summed E-state index contributed by atoms with van der Waals surface area (Å²) in [5.41, 5.74) is 0.885. The van der Waals surface area contributed by atoms with E-state index in [2.05, 4.69) is 25.9 Å². The molecule has 2 rings (SSSR count). The van der Waals surface area contributed by atoms with Gasteiger partial charge in [-0.25, -0.2) is 9.97 Å². The number of nitrogens with zero attached hydrogens (tertiary/aromatic N) is 3. The first-order chi connectivity index (χ1) is 8.63. The predicted octanol–water partition coefficient (Wildman–Crippen LogP) is 2.98. The molecule has 0 spiro atoms. The highest BCUT2D eigenvalue weighted by atomic mass is 79.9. The second-order valence-electron chi connectivity index (χ2n) is 3.96. The monoisotopic (exact) mass is 307 g/mol. The predicted molar refractivity (Wildman–Crippen MR) is 76.0 cm³/mol. The summed E-state index contributed by atoms with van der Waals surface area (Å²) < 4.78 is 6.19. The van der Waals surface area contributed by atoms with Crippen molar-refractivity contribution in [1.82, 2.24) is 9.97 Å². The van der Waals surface area contributed by atoms with Gasteiger partial charge < -0.3 is 9.64 Å². The van der Waals surface area contributed by atoms with E-state index in [4.69, 9.17) is 4.74 Å². The lowest BCUT2D eigenvalue weighted by Gasteiger charge is -2.14. The van der Waals surface area contributed by atoms with Crippen LogP contribution in [0.25, 0.3) is 11.4 Å². The molecule has 0 aliphatic heterocycles. The minimum atomic E-state index is 0.652. The maximum Gasteiger partial charge on any atom is 0.165 e. The Morgan fingerprint density at radius 3 is 2.61 bits per heavy atom. The first-order valence-corrected chi connectivity index (χ1v) is 6.26. The summed E-state index contributed by atoms with van der Waals surface area (Å²) in [6, 6.07) is 7.71. The highest BCUT2D eigenvalue weighted by Gasteiger charge is 2.11. The van der Waals surface area contributed by atoms with Crippen LogP contribution in [0, 0.1) is 0 Å². The van der Waals surface area contributed by atoms with Gasteiger partial charge in [-0.05, 0) is 28.1 Å². The van der Waals surface area contributed by atoms with Crippen LogP contribution in [0.5, 0.6) is 5.75 Å². The number of para-hydroxylation sites is 1. The summed E-state index contributed by atoms with van der Waals surface area (Å²) in [6.07, 6.45) is 1.75. The van der Waals surface area contributed by atoms with Crippen LogP contribution in [-0.2, 0) is 0 Å². The first-order valence-electron chi connectivity index (χ1n) is 5.46. The Morgan fingerprint density at radius 2 is 1.94 bits per heavy atom. The van der Waals surface area contributed by atoms with Crippen molar-refractivity contribution in [3.05, 3.63) is 34.9 Å². The molecule has 0 bridgehead atoms. The van der Waals surface area contributed by atoms with E-state index in [0.717, 1.165) is 21.6 Å². The second kappa shape index (κ2) is 5.35. The van der Waals surface area contributed by atoms with Crippen molar-refractivity contribution in [2.75, 3.05) is 26.1 Å². The average Bonchev–Trinajstić information content (AvgIpc) is 2.39. The minimum Gasteiger partial charge on any atom is -0.496 e. The number of ether oxygens (including phenoxy) is 1. The largest absolute Gasteiger partial charge is 0.496 e. The van der Waals surface area contributed by atoms with E-state index in [1.54, 1.807) is 13.3 Å². The van der Waals surface area contributed by atoms with Gasteiger partial charge in [-0.1, -0.05) is 12.1 Å². The Bertz CT molecular complexity index is 558. The smallest absolute Gasteiger partial charge is 0.165 e. The molecule has 0 aliphatic rings. The highest BCUT2D eigenvalue weighted by molar-refractivity contribution is 9.10. The topological polar surface area (TPSA) is 38.2 Å². The molecule has 4 nitrogen and oxygen atoms in total. The van der Waals surface area contributed by atoms with Crippen LogP contribution in [0.3, 0.4) is 0 Å². The van der Waals surface area contributed by atoms with Gasteiger partial charge in [0.2, 0.25) is 0 Å². The Kier molecular flexibility index (Phi) is 3.81. The third-order valence-electron chi connectivity index (χ3n) is 2.50. The van der Waals surface area contributed by atoms with Crippen LogP contribution >= 0.6 is 15.9 Å². The molecule has 1 heterocycles. The van der Waals surface area contributed by atoms with E-state index in [1.807, 2.05) is 43.3 Å². The van der Waals surface area contributed by atoms with Gasteiger partial charge in [-0.2, -0.15) is 0 Å². The number of hydrogen-bond donors (Lipinski definition) is 0. The molecule has 1 aromatic heterocycles. The lowest BCUT2D eigenvalue weighted by Crippen LogP contribution is -2.12. The van der Waals surface area contributed by atoms with Crippen LogP contribution in [0.1, 0.15) is 0 Å². The van der Waals surface area contributed by atoms with Crippen LogP contribution in [0.2, 0.25) is 0 Å². The summed E-state index contributed by atoms with van der Waals surface area (Å²) in [4.78, 5) is 10.8. The molecular weight excluding hydrogens is 294 g/mol. The quantitative estimate of drug-likeness (QED) is 0.874. The fourth-order valence-corrected chi connectivity index (χ4v) is 2.18. The van der Waals surface area contributed by atoms with Crippen LogP contribution in [0.4, 0.5) is 5.82 Å². The van der Waals surface area contributed by atoms with Crippen LogP contribution < -0.4 is 9.64 Å². The van der Waals surface area contributed by atoms with Crippen molar-refractivity contribution in [3.8, 4) is 17.1 Å². The molecule has 94 valence electrons. The maximum absolute atomic E-state index is 5.33. The number of aromatic nitrogens is 2. The van der Waals surface area contributed by atoms with Crippen molar-refractivity contribution in [3.63, 3.8) is 0 Å². The third-order valence-corrected chi connectivity index (χ3v) is 3.06. The summed E-state index contributed by atoms with van der Waals surface area (Å²) in [5, 5.41) is 0. The number of halogens is 1. The van der Waals surface area contributed by atoms with E-state index < -0.39 is 0 Å². The van der Waals surface area contributed by atoms with Gasteiger partial charge in [-0.15, -0.1) is 0 Å². The average molecular weight is 308 g/mol. The molecule has 0 N–H and O–H groups in total. The van der Waals surface area contributed by atoms with Gasteiger partial charge in [0.1, 0.15) is 11.6 Å². The van der Waals surface area contributed by atoms with E-state index in [9.17, 15) is 0 Å². The Balaban J connectivity index is 2.54. The molecule has 2 aromatic rings. The molecule has 1 aromatic carbocycles. The van der Waals surface area contributed by atoms with Crippen LogP contribution in [-0.4, -0.2) is 31.2 Å². The first kappa shape index (κ1) is 12.8. The third kappa shape index (κ3) is 2.46. The SMILES string of the molecule is COc1ccccc1-c1ncc(Br)c(N(C)C)n1. The summed E-state index contributed by atoms with van der Waals surface area (Å²) in [6.45, 7) is 0. The van der Waals surface area contributed by atoms with Crippen molar-refractivity contribution < 1.29 is 4.74 Å². The molecule has 5 heteroatoms. The van der Waals surface area contributed by atoms with Crippen molar-refractivity contribution in [2.24, 2.45) is 0 Å². The molecule has 0 saturated heterocycles. The Labute approximate surface area is 115 Å². The Hall–Kier alpha value is -1.62. The maximum atomic E-state index is 5.33. The molecule has 0 saturated carbocycles. The van der Waals surface area contributed by atoms with Gasteiger partial charge in [-0.3, -0.25) is 0 Å². The Morgan fingerprint density at radius 1 is 1.22 bits per heavy atom. The van der Waals surface area contributed by atoms with Gasteiger partial charge in [0.05, 0.1) is 17.1 Å². The van der Waals surface area contributed by atoms with Crippen molar-refractivity contribution >= 4 is 21.7 Å². The fraction of sp³-hybridized carbons (Fsp3) is 0.231. The number of benzene rings is 1. The van der Waals surface area contributed by atoms with Crippen molar-refractivity contribution in [1.29, 1.82) is 0 Å². The lowest BCUT2D eigenvalue weighted by molar-refractivity contribution is 0.416. The zero-order valence-corrected chi connectivity index (χ0v) is 12.1. The van der Waals surface area contributed by atoms with Gasteiger partial charge >= 0.3 is 0 Å². The molecule has 0 amide bonds. The molecule has 0 atom stereocenters. The molecule has 0 fully saturated rings. The number of methoxy groups -OCH3 is 1. The standard InChI is InChI=1S/C13H14BrN3O/c1-17(2)13-10(14)8-15-12(16-13)9-6-4-5-7-11(9)18-3/h4-8H,1-3H3. The van der Waals surface area contributed by atoms with E-state index in [1.165, 1.54) is 0 Å². The molecule has 18 heavy (non-hydrogen) atoms. The number of rotatable bonds is 3. The zero-order valence-electron chi connectivity index (χ0n) is 10.5. The molecule has 0 unspecified atom stereocenters. The zero-order chi connectivity index (χ0) is 13.1. The van der Waals surface area contributed by atoms with E-state index >= 15 is 0 Å². The normalized spacial score (nSPS) is 10.2. The highest BCUT2D eigenvalue weighted by Crippen LogP contribution is 2.30. The molecular formula is C13H14BrN3O. The molecule has 0 aliphatic carbocycles. The van der Waals surface area contributed by atoms with E-state index in [-0.39, 0.29) is 0 Å². The summed E-state index contributed by atoms with van der Waals surface area (Å²) in [5.74, 6) is 2.26. The number of anilines is 1.